The summed E-state index contributed by atoms with van der Waals surface area (Å²) in [5.41, 5.74) is 1.52. The minimum atomic E-state index is -0.129. The van der Waals surface area contributed by atoms with Gasteiger partial charge in [0.25, 0.3) is 0 Å². The molecule has 1 aromatic heterocycles. The highest BCUT2D eigenvalue weighted by atomic mass is 35.5. The zero-order valence-corrected chi connectivity index (χ0v) is 12.1. The number of para-hydroxylation sites is 1. The van der Waals surface area contributed by atoms with Crippen LogP contribution in [0, 0.1) is 0 Å². The molecule has 1 heterocycles. The third-order valence-electron chi connectivity index (χ3n) is 3.15. The number of hydrogen-bond donors (Lipinski definition) is 1. The normalized spacial score (nSPS) is 10.9. The molecule has 20 heavy (non-hydrogen) atoms. The van der Waals surface area contributed by atoms with Crippen molar-refractivity contribution >= 4 is 45.7 Å². The van der Waals surface area contributed by atoms with Gasteiger partial charge in [0.05, 0.1) is 10.0 Å². The molecular weight excluding hydrogens is 297 g/mol. The summed E-state index contributed by atoms with van der Waals surface area (Å²) < 4.78 is 5.75. The molecule has 2 aromatic carbocycles. The smallest absolute Gasteiger partial charge is 0.200 e. The standard InChI is InChI=1S/C15H11Cl2NO2/c1-18(9-5-3-2-4-6-9)13-7-10-12(20-13)8-11(16)15(19)14(10)17/h2-8,19H,1H3. The van der Waals surface area contributed by atoms with E-state index in [9.17, 15) is 5.11 Å². The molecule has 3 nitrogen and oxygen atoms in total. The number of nitrogens with zero attached hydrogens (tertiary/aromatic N) is 1. The zero-order valence-electron chi connectivity index (χ0n) is 10.6. The minimum absolute atomic E-state index is 0.129. The lowest BCUT2D eigenvalue weighted by molar-refractivity contribution is 0.476. The number of phenolic OH excluding ortho intramolecular Hbond substituents is 1. The Morgan fingerprint density at radius 2 is 1.80 bits per heavy atom. The van der Waals surface area contributed by atoms with Crippen LogP contribution in [0.5, 0.6) is 5.75 Å². The molecule has 0 unspecified atom stereocenters. The Hall–Kier alpha value is -1.84. The predicted molar refractivity (Wildman–Crippen MR) is 82.4 cm³/mol. The number of anilines is 2. The van der Waals surface area contributed by atoms with E-state index in [0.717, 1.165) is 5.69 Å². The molecule has 0 aliphatic heterocycles. The van der Waals surface area contributed by atoms with E-state index in [1.54, 1.807) is 12.1 Å². The van der Waals surface area contributed by atoms with E-state index in [4.69, 9.17) is 27.6 Å². The fraction of sp³-hybridized carbons (Fsp3) is 0.0667. The van der Waals surface area contributed by atoms with Crippen molar-refractivity contribution in [2.45, 2.75) is 0 Å². The topological polar surface area (TPSA) is 36.6 Å². The molecule has 0 amide bonds. The lowest BCUT2D eigenvalue weighted by atomic mass is 10.2. The Morgan fingerprint density at radius 3 is 2.50 bits per heavy atom. The summed E-state index contributed by atoms with van der Waals surface area (Å²) >= 11 is 12.0. The van der Waals surface area contributed by atoms with Crippen molar-refractivity contribution in [3.05, 3.63) is 52.5 Å². The molecule has 0 fully saturated rings. The van der Waals surface area contributed by atoms with E-state index in [1.807, 2.05) is 42.3 Å². The third kappa shape index (κ3) is 2.09. The molecule has 1 N–H and O–H groups in total. The van der Waals surface area contributed by atoms with Gasteiger partial charge in [0.15, 0.2) is 5.75 Å². The number of phenols is 1. The fourth-order valence-electron chi connectivity index (χ4n) is 2.03. The molecule has 0 saturated carbocycles. The summed E-state index contributed by atoms with van der Waals surface area (Å²) in [5.74, 6) is 0.491. The van der Waals surface area contributed by atoms with Gasteiger partial charge in [-0.15, -0.1) is 0 Å². The first kappa shape index (κ1) is 13.2. The highest BCUT2D eigenvalue weighted by molar-refractivity contribution is 6.41. The second-order valence-electron chi connectivity index (χ2n) is 4.41. The SMILES string of the molecule is CN(c1ccccc1)c1cc2c(Cl)c(O)c(Cl)cc2o1. The van der Waals surface area contributed by atoms with E-state index < -0.39 is 0 Å². The van der Waals surface area contributed by atoms with Crippen LogP contribution >= 0.6 is 23.2 Å². The third-order valence-corrected chi connectivity index (χ3v) is 3.82. The van der Waals surface area contributed by atoms with Gasteiger partial charge in [0.2, 0.25) is 5.88 Å². The van der Waals surface area contributed by atoms with Gasteiger partial charge in [-0.3, -0.25) is 0 Å². The number of halogens is 2. The van der Waals surface area contributed by atoms with Crippen LogP contribution in [-0.4, -0.2) is 12.2 Å². The summed E-state index contributed by atoms with van der Waals surface area (Å²) in [5, 5.41) is 10.8. The Balaban J connectivity index is 2.12. The average molecular weight is 308 g/mol. The molecular formula is C15H11Cl2NO2. The van der Waals surface area contributed by atoms with E-state index in [1.165, 1.54) is 0 Å². The first-order valence-electron chi connectivity index (χ1n) is 5.97. The van der Waals surface area contributed by atoms with Gasteiger partial charge in [-0.25, -0.2) is 0 Å². The Labute approximate surface area is 125 Å². The van der Waals surface area contributed by atoms with Crippen molar-refractivity contribution in [3.63, 3.8) is 0 Å². The van der Waals surface area contributed by atoms with Crippen LogP contribution in [0.2, 0.25) is 10.0 Å². The van der Waals surface area contributed by atoms with Gasteiger partial charge >= 0.3 is 0 Å². The van der Waals surface area contributed by atoms with E-state index in [2.05, 4.69) is 0 Å². The molecule has 0 spiro atoms. The fourth-order valence-corrected chi connectivity index (χ4v) is 2.52. The van der Waals surface area contributed by atoms with Crippen molar-refractivity contribution in [1.29, 1.82) is 0 Å². The van der Waals surface area contributed by atoms with Crippen LogP contribution in [0.1, 0.15) is 0 Å². The van der Waals surface area contributed by atoms with Crippen molar-refractivity contribution < 1.29 is 9.52 Å². The van der Waals surface area contributed by atoms with Gasteiger partial charge < -0.3 is 14.4 Å². The van der Waals surface area contributed by atoms with Crippen LogP contribution in [0.15, 0.2) is 46.9 Å². The van der Waals surface area contributed by atoms with E-state index in [-0.39, 0.29) is 15.8 Å². The van der Waals surface area contributed by atoms with Crippen LogP contribution in [0.3, 0.4) is 0 Å². The number of hydrogen-bond acceptors (Lipinski definition) is 3. The lowest BCUT2D eigenvalue weighted by Gasteiger charge is -2.15. The first-order valence-corrected chi connectivity index (χ1v) is 6.73. The molecule has 3 aromatic rings. The second kappa shape index (κ2) is 4.93. The molecule has 0 radical (unpaired) electrons. The maximum atomic E-state index is 9.75. The Morgan fingerprint density at radius 1 is 1.10 bits per heavy atom. The summed E-state index contributed by atoms with van der Waals surface area (Å²) in [6, 6.07) is 13.1. The maximum Gasteiger partial charge on any atom is 0.200 e. The number of aromatic hydroxyl groups is 1. The predicted octanol–water partition coefficient (Wildman–Crippen LogP) is 5.21. The molecule has 0 aliphatic carbocycles. The van der Waals surface area contributed by atoms with E-state index >= 15 is 0 Å². The monoisotopic (exact) mass is 307 g/mol. The summed E-state index contributed by atoms with van der Waals surface area (Å²) in [7, 11) is 1.89. The van der Waals surface area contributed by atoms with Crippen LogP contribution in [-0.2, 0) is 0 Å². The molecule has 0 aliphatic rings. The number of furan rings is 1. The molecule has 5 heteroatoms. The second-order valence-corrected chi connectivity index (χ2v) is 5.20. The minimum Gasteiger partial charge on any atom is -0.505 e. The highest BCUT2D eigenvalue weighted by Gasteiger charge is 2.16. The molecule has 0 saturated heterocycles. The van der Waals surface area contributed by atoms with Crippen LogP contribution < -0.4 is 4.90 Å². The van der Waals surface area contributed by atoms with Crippen LogP contribution in [0.25, 0.3) is 11.0 Å². The van der Waals surface area contributed by atoms with Gasteiger partial charge in [-0.1, -0.05) is 41.4 Å². The average Bonchev–Trinajstić information content (AvgIpc) is 2.89. The van der Waals surface area contributed by atoms with Crippen molar-refractivity contribution in [3.8, 4) is 5.75 Å². The van der Waals surface area contributed by atoms with Crippen LogP contribution in [0.4, 0.5) is 11.6 Å². The number of fused-ring (bicyclic) bond motifs is 1. The molecule has 0 atom stereocenters. The summed E-state index contributed by atoms with van der Waals surface area (Å²) in [6.07, 6.45) is 0. The number of benzene rings is 2. The van der Waals surface area contributed by atoms with Gasteiger partial charge in [0, 0.05) is 30.3 Å². The largest absolute Gasteiger partial charge is 0.505 e. The molecule has 3 rings (SSSR count). The quantitative estimate of drug-likeness (QED) is 0.705. The summed E-state index contributed by atoms with van der Waals surface area (Å²) in [4.78, 5) is 1.89. The molecule has 0 bridgehead atoms. The molecule has 102 valence electrons. The van der Waals surface area contributed by atoms with Crippen molar-refractivity contribution in [2.75, 3.05) is 11.9 Å². The first-order chi connectivity index (χ1) is 9.58. The van der Waals surface area contributed by atoms with Crippen molar-refractivity contribution in [1.82, 2.24) is 0 Å². The van der Waals surface area contributed by atoms with Gasteiger partial charge in [0.1, 0.15) is 5.58 Å². The Kier molecular flexibility index (Phi) is 3.24. The zero-order chi connectivity index (χ0) is 14.3. The van der Waals surface area contributed by atoms with E-state index in [0.29, 0.717) is 16.9 Å². The van der Waals surface area contributed by atoms with Gasteiger partial charge in [-0.05, 0) is 12.1 Å². The highest BCUT2D eigenvalue weighted by Crippen LogP contribution is 2.41. The lowest BCUT2D eigenvalue weighted by Crippen LogP contribution is -2.07. The Bertz CT molecular complexity index is 768. The maximum absolute atomic E-state index is 9.75. The van der Waals surface area contributed by atoms with Crippen molar-refractivity contribution in [2.24, 2.45) is 0 Å². The number of rotatable bonds is 2. The van der Waals surface area contributed by atoms with Gasteiger partial charge in [-0.2, -0.15) is 0 Å². The summed E-state index contributed by atoms with van der Waals surface area (Å²) in [6.45, 7) is 0.